The van der Waals surface area contributed by atoms with Crippen LogP contribution in [0.15, 0.2) is 36.8 Å². The second kappa shape index (κ2) is 5.17. The largest absolute Gasteiger partial charge is 0.326 e. The molecule has 0 spiro atoms. The number of nitrogens with two attached hydrogens (primary N) is 1. The van der Waals surface area contributed by atoms with Gasteiger partial charge in [0.1, 0.15) is 0 Å². The minimum atomic E-state index is 0.256. The van der Waals surface area contributed by atoms with E-state index >= 15 is 0 Å². The molecule has 1 aliphatic rings. The maximum absolute atomic E-state index is 6.30. The summed E-state index contributed by atoms with van der Waals surface area (Å²) in [6.45, 7) is 2.12. The molecule has 2 aromatic rings. The summed E-state index contributed by atoms with van der Waals surface area (Å²) in [6.07, 6.45) is 8.70. The molecule has 1 saturated carbocycles. The average Bonchev–Trinajstić information content (AvgIpc) is 2.88. The Morgan fingerprint density at radius 1 is 1.26 bits per heavy atom. The highest BCUT2D eigenvalue weighted by molar-refractivity contribution is 5.60. The van der Waals surface area contributed by atoms with Gasteiger partial charge in [0.25, 0.3) is 0 Å². The molecule has 2 N–H and O–H groups in total. The van der Waals surface area contributed by atoms with Crippen LogP contribution in [0.1, 0.15) is 37.3 Å². The van der Waals surface area contributed by atoms with Crippen LogP contribution in [0, 0.1) is 6.92 Å². The van der Waals surface area contributed by atoms with Crippen molar-refractivity contribution in [2.75, 3.05) is 0 Å². The molecule has 0 aliphatic heterocycles. The van der Waals surface area contributed by atoms with Gasteiger partial charge in [0, 0.05) is 11.6 Å². The summed E-state index contributed by atoms with van der Waals surface area (Å²) in [7, 11) is 0. The van der Waals surface area contributed by atoms with Crippen molar-refractivity contribution in [2.45, 2.75) is 44.7 Å². The zero-order valence-corrected chi connectivity index (χ0v) is 11.4. The van der Waals surface area contributed by atoms with Crippen molar-refractivity contribution < 1.29 is 0 Å². The Bertz CT molecular complexity index is 559. The molecule has 100 valence electrons. The quantitative estimate of drug-likeness (QED) is 0.894. The van der Waals surface area contributed by atoms with Crippen LogP contribution in [0.25, 0.3) is 11.3 Å². The van der Waals surface area contributed by atoms with E-state index in [0.717, 1.165) is 12.8 Å². The topological polar surface area (TPSA) is 43.8 Å². The van der Waals surface area contributed by atoms with Gasteiger partial charge >= 0.3 is 0 Å². The molecular weight excluding hydrogens is 234 g/mol. The molecule has 0 saturated heterocycles. The van der Waals surface area contributed by atoms with Gasteiger partial charge in [-0.05, 0) is 25.8 Å². The maximum Gasteiger partial charge on any atom is 0.0954 e. The highest BCUT2D eigenvalue weighted by atomic mass is 15.1. The van der Waals surface area contributed by atoms with Crippen molar-refractivity contribution in [2.24, 2.45) is 5.73 Å². The van der Waals surface area contributed by atoms with Crippen LogP contribution in [0.2, 0.25) is 0 Å². The molecule has 0 unspecified atom stereocenters. The monoisotopic (exact) mass is 255 g/mol. The fraction of sp³-hybridized carbons (Fsp3) is 0.438. The van der Waals surface area contributed by atoms with E-state index in [0.29, 0.717) is 6.04 Å². The highest BCUT2D eigenvalue weighted by Crippen LogP contribution is 2.31. The zero-order valence-electron chi connectivity index (χ0n) is 11.4. The Kier molecular flexibility index (Phi) is 3.38. The summed E-state index contributed by atoms with van der Waals surface area (Å²) < 4.78 is 2.28. The van der Waals surface area contributed by atoms with E-state index in [-0.39, 0.29) is 6.04 Å². The molecule has 1 aliphatic carbocycles. The normalized spacial score (nSPS) is 23.5. The van der Waals surface area contributed by atoms with E-state index in [1.165, 1.54) is 29.7 Å². The van der Waals surface area contributed by atoms with E-state index in [1.807, 2.05) is 12.5 Å². The zero-order chi connectivity index (χ0) is 13.2. The number of aryl methyl sites for hydroxylation is 1. The van der Waals surface area contributed by atoms with Gasteiger partial charge in [-0.2, -0.15) is 0 Å². The predicted octanol–water partition coefficient (Wildman–Crippen LogP) is 3.30. The minimum absolute atomic E-state index is 0.256. The Morgan fingerprint density at radius 2 is 2.11 bits per heavy atom. The molecule has 1 aromatic heterocycles. The highest BCUT2D eigenvalue weighted by Gasteiger charge is 2.25. The van der Waals surface area contributed by atoms with Crippen molar-refractivity contribution in [3.05, 3.63) is 42.4 Å². The third-order valence-corrected chi connectivity index (χ3v) is 4.12. The van der Waals surface area contributed by atoms with Crippen molar-refractivity contribution >= 4 is 0 Å². The Hall–Kier alpha value is -1.61. The average molecular weight is 255 g/mol. The molecule has 1 aromatic carbocycles. The van der Waals surface area contributed by atoms with Crippen molar-refractivity contribution in [1.29, 1.82) is 0 Å². The van der Waals surface area contributed by atoms with Crippen molar-refractivity contribution in [1.82, 2.24) is 9.55 Å². The summed E-state index contributed by atoms with van der Waals surface area (Å²) in [6, 6.07) is 9.23. The molecule has 3 heteroatoms. The molecule has 2 atom stereocenters. The molecule has 19 heavy (non-hydrogen) atoms. The molecular formula is C16H21N3. The number of hydrogen-bond donors (Lipinski definition) is 1. The van der Waals surface area contributed by atoms with Gasteiger partial charge in [-0.15, -0.1) is 0 Å². The molecule has 1 heterocycles. The lowest BCUT2D eigenvalue weighted by Gasteiger charge is -2.31. The summed E-state index contributed by atoms with van der Waals surface area (Å²) in [5.74, 6) is 0. The van der Waals surface area contributed by atoms with Crippen molar-refractivity contribution in [3.63, 3.8) is 0 Å². The Balaban J connectivity index is 1.98. The number of rotatable bonds is 2. The number of imidazole rings is 1. The smallest absolute Gasteiger partial charge is 0.0954 e. The third kappa shape index (κ3) is 2.43. The lowest BCUT2D eigenvalue weighted by Crippen LogP contribution is -2.35. The molecule has 3 rings (SSSR count). The van der Waals surface area contributed by atoms with E-state index in [9.17, 15) is 0 Å². The predicted molar refractivity (Wildman–Crippen MR) is 77.9 cm³/mol. The third-order valence-electron chi connectivity index (χ3n) is 4.12. The fourth-order valence-electron chi connectivity index (χ4n) is 3.08. The van der Waals surface area contributed by atoms with Crippen LogP contribution >= 0.6 is 0 Å². The van der Waals surface area contributed by atoms with Gasteiger partial charge in [-0.25, -0.2) is 4.98 Å². The van der Waals surface area contributed by atoms with Gasteiger partial charge in [-0.1, -0.05) is 36.6 Å². The molecule has 3 nitrogen and oxygen atoms in total. The summed E-state index contributed by atoms with van der Waals surface area (Å²) >= 11 is 0. The van der Waals surface area contributed by atoms with Gasteiger partial charge in [-0.3, -0.25) is 0 Å². The van der Waals surface area contributed by atoms with Crippen LogP contribution in [-0.2, 0) is 0 Å². The molecule has 0 bridgehead atoms. The van der Waals surface area contributed by atoms with Crippen LogP contribution < -0.4 is 5.73 Å². The minimum Gasteiger partial charge on any atom is -0.326 e. The van der Waals surface area contributed by atoms with E-state index in [2.05, 4.69) is 40.7 Å². The van der Waals surface area contributed by atoms with Gasteiger partial charge in [0.05, 0.1) is 24.3 Å². The van der Waals surface area contributed by atoms with Crippen LogP contribution in [0.4, 0.5) is 0 Å². The summed E-state index contributed by atoms with van der Waals surface area (Å²) in [4.78, 5) is 4.35. The standard InChI is InChI=1S/C16H21N3/c1-12-5-4-6-13(9-12)16-10-18-11-19(16)15-8-3-2-7-14(15)17/h4-6,9-11,14-15H,2-3,7-8,17H2,1H3/t14-,15-/m1/s1. The van der Waals surface area contributed by atoms with Crippen LogP contribution in [-0.4, -0.2) is 15.6 Å². The fourth-order valence-corrected chi connectivity index (χ4v) is 3.08. The number of aromatic nitrogens is 2. The number of benzene rings is 1. The number of nitrogens with zero attached hydrogens (tertiary/aromatic N) is 2. The Labute approximate surface area is 114 Å². The second-order valence-corrected chi connectivity index (χ2v) is 5.57. The van der Waals surface area contributed by atoms with Gasteiger partial charge in [0.15, 0.2) is 0 Å². The summed E-state index contributed by atoms with van der Waals surface area (Å²) in [5.41, 5.74) is 9.99. The molecule has 0 radical (unpaired) electrons. The van der Waals surface area contributed by atoms with Gasteiger partial charge < -0.3 is 10.3 Å². The first-order chi connectivity index (χ1) is 9.25. The first kappa shape index (κ1) is 12.4. The van der Waals surface area contributed by atoms with Gasteiger partial charge in [0.2, 0.25) is 0 Å². The van der Waals surface area contributed by atoms with E-state index in [1.54, 1.807) is 0 Å². The first-order valence-corrected chi connectivity index (χ1v) is 7.10. The SMILES string of the molecule is Cc1cccc(-c2cncn2[C@@H]2CCCC[C@H]2N)c1. The lowest BCUT2D eigenvalue weighted by atomic mass is 9.90. The number of hydrogen-bond acceptors (Lipinski definition) is 2. The maximum atomic E-state index is 6.30. The van der Waals surface area contributed by atoms with E-state index in [4.69, 9.17) is 5.73 Å². The van der Waals surface area contributed by atoms with Crippen LogP contribution in [0.3, 0.4) is 0 Å². The Morgan fingerprint density at radius 3 is 2.89 bits per heavy atom. The molecule has 1 fully saturated rings. The second-order valence-electron chi connectivity index (χ2n) is 5.57. The van der Waals surface area contributed by atoms with Crippen molar-refractivity contribution in [3.8, 4) is 11.3 Å². The first-order valence-electron chi connectivity index (χ1n) is 7.10. The summed E-state index contributed by atoms with van der Waals surface area (Å²) in [5, 5.41) is 0. The van der Waals surface area contributed by atoms with Crippen LogP contribution in [0.5, 0.6) is 0 Å². The molecule has 0 amide bonds. The lowest BCUT2D eigenvalue weighted by molar-refractivity contribution is 0.308. The van der Waals surface area contributed by atoms with E-state index < -0.39 is 0 Å².